The van der Waals surface area contributed by atoms with E-state index in [1.807, 2.05) is 23.1 Å². The number of aromatic nitrogens is 2. The summed E-state index contributed by atoms with van der Waals surface area (Å²) in [5.74, 6) is 1.25. The molecule has 0 saturated carbocycles. The number of aromatic amines is 1. The Hall–Kier alpha value is -3.66. The Morgan fingerprint density at radius 3 is 2.76 bits per heavy atom. The molecule has 1 fully saturated rings. The van der Waals surface area contributed by atoms with Crippen LogP contribution in [0.15, 0.2) is 41.2 Å². The number of nitrogens with one attached hydrogen (secondary N) is 2. The van der Waals surface area contributed by atoms with E-state index < -0.39 is 0 Å². The third-order valence-corrected chi connectivity index (χ3v) is 6.44. The molecule has 0 spiro atoms. The number of H-pyrrole nitrogens is 1. The summed E-state index contributed by atoms with van der Waals surface area (Å²) in [7, 11) is 0. The number of hydrogen-bond acceptors (Lipinski definition) is 6. The van der Waals surface area contributed by atoms with Crippen molar-refractivity contribution in [2.24, 2.45) is 0 Å². The van der Waals surface area contributed by atoms with E-state index in [0.29, 0.717) is 65.2 Å². The number of carbonyl (C=O) groups is 2. The maximum Gasteiger partial charge on any atom is 0.262 e. The first-order valence-corrected chi connectivity index (χ1v) is 11.6. The van der Waals surface area contributed by atoms with Gasteiger partial charge in [-0.3, -0.25) is 19.0 Å². The zero-order chi connectivity index (χ0) is 23.7. The van der Waals surface area contributed by atoms with Crippen molar-refractivity contribution in [3.8, 4) is 11.5 Å². The fourth-order valence-corrected chi connectivity index (χ4v) is 4.58. The van der Waals surface area contributed by atoms with Crippen LogP contribution in [0, 0.1) is 4.77 Å². The molecule has 0 bridgehead atoms. The van der Waals surface area contributed by atoms with E-state index >= 15 is 0 Å². The molecule has 0 radical (unpaired) electrons. The number of carbonyl (C=O) groups excluding carboxylic acids is 2. The van der Waals surface area contributed by atoms with E-state index in [2.05, 4.69) is 10.3 Å². The lowest BCUT2D eigenvalue weighted by atomic mass is 10.1. The highest BCUT2D eigenvalue weighted by Gasteiger charge is 2.19. The molecule has 2 amide bonds. The first-order chi connectivity index (χ1) is 16.5. The van der Waals surface area contributed by atoms with Crippen LogP contribution in [0.25, 0.3) is 10.9 Å². The van der Waals surface area contributed by atoms with Gasteiger partial charge in [-0.15, -0.1) is 0 Å². The Balaban J connectivity index is 1.27. The van der Waals surface area contributed by atoms with Gasteiger partial charge >= 0.3 is 0 Å². The van der Waals surface area contributed by atoms with Crippen LogP contribution in [-0.2, 0) is 17.9 Å². The Kier molecular flexibility index (Phi) is 6.06. The number of amides is 2. The molecule has 34 heavy (non-hydrogen) atoms. The quantitative estimate of drug-likeness (QED) is 0.504. The maximum absolute atomic E-state index is 13.0. The van der Waals surface area contributed by atoms with Crippen molar-refractivity contribution in [3.63, 3.8) is 0 Å². The minimum Gasteiger partial charge on any atom is -0.454 e. The first-order valence-electron chi connectivity index (χ1n) is 11.2. The number of fused-ring (bicyclic) bond motifs is 2. The monoisotopic (exact) mass is 480 g/mol. The molecular formula is C24H24N4O5S. The first kappa shape index (κ1) is 22.1. The van der Waals surface area contributed by atoms with Gasteiger partial charge in [0.05, 0.1) is 10.9 Å². The molecule has 1 saturated heterocycles. The summed E-state index contributed by atoms with van der Waals surface area (Å²) in [6, 6.07) is 10.4. The summed E-state index contributed by atoms with van der Waals surface area (Å²) in [4.78, 5) is 42.4. The van der Waals surface area contributed by atoms with Gasteiger partial charge in [0.2, 0.25) is 12.7 Å². The summed E-state index contributed by atoms with van der Waals surface area (Å²) in [6.45, 7) is 2.33. The highest BCUT2D eigenvalue weighted by atomic mass is 32.1. The van der Waals surface area contributed by atoms with E-state index in [0.717, 1.165) is 18.5 Å². The number of rotatable bonds is 7. The maximum atomic E-state index is 13.0. The molecule has 2 N–H and O–H groups in total. The van der Waals surface area contributed by atoms with Crippen LogP contribution in [0.2, 0.25) is 0 Å². The Morgan fingerprint density at radius 1 is 1.09 bits per heavy atom. The van der Waals surface area contributed by atoms with Gasteiger partial charge in [0.1, 0.15) is 0 Å². The summed E-state index contributed by atoms with van der Waals surface area (Å²) < 4.78 is 12.5. The van der Waals surface area contributed by atoms with Crippen molar-refractivity contribution in [3.05, 3.63) is 62.6 Å². The molecule has 2 aliphatic rings. The predicted molar refractivity (Wildman–Crippen MR) is 128 cm³/mol. The molecule has 176 valence electrons. The van der Waals surface area contributed by atoms with Gasteiger partial charge in [0, 0.05) is 38.2 Å². The third kappa shape index (κ3) is 4.41. The second kappa shape index (κ2) is 9.30. The van der Waals surface area contributed by atoms with E-state index in [1.54, 1.807) is 18.2 Å². The Labute approximate surface area is 200 Å². The molecular weight excluding hydrogens is 456 g/mol. The lowest BCUT2D eigenvalue weighted by Gasteiger charge is -2.16. The number of likely N-dealkylation sites (tertiary alicyclic amines) is 1. The molecule has 3 heterocycles. The van der Waals surface area contributed by atoms with Crippen LogP contribution in [-0.4, -0.2) is 46.1 Å². The van der Waals surface area contributed by atoms with E-state index in [-0.39, 0.29) is 24.2 Å². The number of nitrogens with zero attached hydrogens (tertiary/aromatic N) is 2. The van der Waals surface area contributed by atoms with Gasteiger partial charge in [-0.1, -0.05) is 6.07 Å². The Morgan fingerprint density at radius 2 is 1.94 bits per heavy atom. The minimum absolute atomic E-state index is 0.167. The molecule has 10 heteroatoms. The van der Waals surface area contributed by atoms with Crippen molar-refractivity contribution in [2.75, 3.05) is 19.9 Å². The zero-order valence-electron chi connectivity index (χ0n) is 18.5. The van der Waals surface area contributed by atoms with Crippen LogP contribution in [0.3, 0.4) is 0 Å². The van der Waals surface area contributed by atoms with Crippen molar-refractivity contribution in [2.45, 2.75) is 32.4 Å². The van der Waals surface area contributed by atoms with Crippen LogP contribution in [0.1, 0.15) is 35.2 Å². The van der Waals surface area contributed by atoms with Crippen LogP contribution >= 0.6 is 12.2 Å². The molecule has 1 aromatic heterocycles. The van der Waals surface area contributed by atoms with Gasteiger partial charge in [0.25, 0.3) is 11.5 Å². The minimum atomic E-state index is -0.265. The van der Waals surface area contributed by atoms with Crippen LogP contribution in [0.4, 0.5) is 0 Å². The van der Waals surface area contributed by atoms with Crippen molar-refractivity contribution in [1.29, 1.82) is 0 Å². The molecule has 3 aromatic rings. The standard InChI is InChI=1S/C24H24N4O5S/c29-21-3-1-8-27(21)9-2-10-28-23(31)17-6-5-16(12-18(17)26-24(28)34)22(30)25-13-15-4-7-19-20(11-15)33-14-32-19/h4-7,11-12H,1-3,8-10,13-14H2,(H,25,30)(H,26,34). The van der Waals surface area contributed by atoms with Gasteiger partial charge in [-0.25, -0.2) is 0 Å². The third-order valence-electron chi connectivity index (χ3n) is 6.12. The smallest absolute Gasteiger partial charge is 0.262 e. The molecule has 2 aliphatic heterocycles. The average molecular weight is 481 g/mol. The molecule has 2 aromatic carbocycles. The highest BCUT2D eigenvalue weighted by molar-refractivity contribution is 7.71. The average Bonchev–Trinajstić information content (AvgIpc) is 3.47. The second-order valence-corrected chi connectivity index (χ2v) is 8.74. The van der Waals surface area contributed by atoms with Crippen molar-refractivity contribution < 1.29 is 19.1 Å². The van der Waals surface area contributed by atoms with E-state index in [9.17, 15) is 14.4 Å². The Bertz CT molecular complexity index is 1400. The number of hydrogen-bond donors (Lipinski definition) is 2. The SMILES string of the molecule is O=C(NCc1ccc2c(c1)OCO2)c1ccc2c(=O)n(CCCN3CCCC3=O)c(=S)[nH]c2c1. The summed E-state index contributed by atoms with van der Waals surface area (Å²) in [5.41, 5.74) is 1.61. The topological polar surface area (TPSA) is 106 Å². The van der Waals surface area contributed by atoms with Gasteiger partial charge in [-0.2, -0.15) is 0 Å². The van der Waals surface area contributed by atoms with E-state index in [1.165, 1.54) is 4.57 Å². The largest absolute Gasteiger partial charge is 0.454 e. The van der Waals surface area contributed by atoms with Crippen LogP contribution < -0.4 is 20.3 Å². The highest BCUT2D eigenvalue weighted by Crippen LogP contribution is 2.32. The molecule has 9 nitrogen and oxygen atoms in total. The van der Waals surface area contributed by atoms with Gasteiger partial charge in [-0.05, 0) is 61.0 Å². The molecule has 0 atom stereocenters. The van der Waals surface area contributed by atoms with Crippen molar-refractivity contribution in [1.82, 2.24) is 19.8 Å². The predicted octanol–water partition coefficient (Wildman–Crippen LogP) is 2.73. The zero-order valence-corrected chi connectivity index (χ0v) is 19.3. The normalized spacial score (nSPS) is 14.7. The molecule has 0 aliphatic carbocycles. The number of ether oxygens (including phenoxy) is 2. The lowest BCUT2D eigenvalue weighted by molar-refractivity contribution is -0.127. The molecule has 5 rings (SSSR count). The summed E-state index contributed by atoms with van der Waals surface area (Å²) in [5, 5.41) is 3.34. The summed E-state index contributed by atoms with van der Waals surface area (Å²) >= 11 is 5.41. The van der Waals surface area contributed by atoms with Crippen LogP contribution in [0.5, 0.6) is 11.5 Å². The number of benzene rings is 2. The van der Waals surface area contributed by atoms with Crippen molar-refractivity contribution >= 4 is 34.9 Å². The fraction of sp³-hybridized carbons (Fsp3) is 0.333. The van der Waals surface area contributed by atoms with E-state index in [4.69, 9.17) is 21.7 Å². The fourth-order valence-electron chi connectivity index (χ4n) is 4.29. The van der Waals surface area contributed by atoms with Gasteiger partial charge < -0.3 is 24.7 Å². The lowest BCUT2D eigenvalue weighted by Crippen LogP contribution is -2.29. The second-order valence-electron chi connectivity index (χ2n) is 8.36. The van der Waals surface area contributed by atoms with Gasteiger partial charge in [0.15, 0.2) is 16.3 Å². The summed E-state index contributed by atoms with van der Waals surface area (Å²) in [6.07, 6.45) is 2.14. The molecule has 0 unspecified atom stereocenters.